The average molecular weight is 360 g/mol. The summed E-state index contributed by atoms with van der Waals surface area (Å²) in [7, 11) is 1.57. The predicted molar refractivity (Wildman–Crippen MR) is 109 cm³/mol. The van der Waals surface area contributed by atoms with Gasteiger partial charge in [0, 0.05) is 5.92 Å². The predicted octanol–water partition coefficient (Wildman–Crippen LogP) is 4.92. The molecule has 0 saturated heterocycles. The van der Waals surface area contributed by atoms with Gasteiger partial charge in [0.1, 0.15) is 0 Å². The summed E-state index contributed by atoms with van der Waals surface area (Å²) in [5.41, 5.74) is 11.6. The number of hydrogen-bond acceptors (Lipinski definition) is 4. The summed E-state index contributed by atoms with van der Waals surface area (Å²) in [6, 6.07) is 22.2. The van der Waals surface area contributed by atoms with Gasteiger partial charge in [-0.15, -0.1) is 0 Å². The number of hydrogen-bond donors (Lipinski definition) is 3. The Morgan fingerprint density at radius 3 is 2.48 bits per heavy atom. The fraction of sp³-hybridized carbons (Fsp3) is 0.217. The Labute approximate surface area is 159 Å². The zero-order valence-electron chi connectivity index (χ0n) is 15.5. The molecule has 0 fully saturated rings. The average Bonchev–Trinajstić information content (AvgIpc) is 2.69. The number of anilines is 2. The minimum absolute atomic E-state index is 0.129. The minimum atomic E-state index is 0.129. The van der Waals surface area contributed by atoms with E-state index in [0.29, 0.717) is 5.75 Å². The van der Waals surface area contributed by atoms with Crippen molar-refractivity contribution in [3.63, 3.8) is 0 Å². The van der Waals surface area contributed by atoms with E-state index in [-0.39, 0.29) is 23.6 Å². The fourth-order valence-corrected chi connectivity index (χ4v) is 4.20. The lowest BCUT2D eigenvalue weighted by atomic mass is 9.72. The molecule has 0 unspecified atom stereocenters. The van der Waals surface area contributed by atoms with E-state index >= 15 is 0 Å². The van der Waals surface area contributed by atoms with Gasteiger partial charge in [-0.25, -0.2) is 0 Å². The summed E-state index contributed by atoms with van der Waals surface area (Å²) in [5.74, 6) is 1.04. The van der Waals surface area contributed by atoms with Crippen molar-refractivity contribution in [2.45, 2.75) is 18.9 Å². The molecular formula is C23H24N2O2. The van der Waals surface area contributed by atoms with Gasteiger partial charge < -0.3 is 20.9 Å². The van der Waals surface area contributed by atoms with Gasteiger partial charge in [0.2, 0.25) is 0 Å². The van der Waals surface area contributed by atoms with E-state index in [1.165, 1.54) is 11.1 Å². The molecule has 0 bridgehead atoms. The van der Waals surface area contributed by atoms with Crippen LogP contribution in [0.2, 0.25) is 0 Å². The molecule has 1 aliphatic heterocycles. The number of ether oxygens (including phenoxy) is 1. The van der Waals surface area contributed by atoms with Crippen LogP contribution >= 0.6 is 0 Å². The van der Waals surface area contributed by atoms with E-state index in [1.807, 2.05) is 30.3 Å². The maximum atomic E-state index is 10.0. The highest BCUT2D eigenvalue weighted by molar-refractivity contribution is 5.74. The fourth-order valence-electron chi connectivity index (χ4n) is 4.20. The van der Waals surface area contributed by atoms with Gasteiger partial charge in [-0.2, -0.15) is 0 Å². The molecule has 138 valence electrons. The zero-order chi connectivity index (χ0) is 19.0. The molecule has 3 atom stereocenters. The molecule has 0 aromatic heterocycles. The van der Waals surface area contributed by atoms with Crippen LogP contribution in [-0.4, -0.2) is 12.2 Å². The van der Waals surface area contributed by atoms with Crippen molar-refractivity contribution in [2.24, 2.45) is 5.92 Å². The van der Waals surface area contributed by atoms with Crippen LogP contribution in [-0.2, 0) is 0 Å². The maximum absolute atomic E-state index is 10.0. The number of rotatable bonds is 3. The van der Waals surface area contributed by atoms with Crippen molar-refractivity contribution in [1.82, 2.24) is 0 Å². The number of aromatic hydroxyl groups is 1. The number of benzene rings is 3. The molecule has 4 rings (SSSR count). The van der Waals surface area contributed by atoms with Crippen molar-refractivity contribution < 1.29 is 9.84 Å². The van der Waals surface area contributed by atoms with Crippen molar-refractivity contribution in [3.05, 3.63) is 83.4 Å². The third kappa shape index (κ3) is 2.97. The third-order valence-corrected chi connectivity index (χ3v) is 5.54. The van der Waals surface area contributed by atoms with E-state index in [1.54, 1.807) is 13.2 Å². The molecule has 0 radical (unpaired) electrons. The van der Waals surface area contributed by atoms with Crippen molar-refractivity contribution >= 4 is 11.4 Å². The highest BCUT2D eigenvalue weighted by atomic mass is 16.5. The van der Waals surface area contributed by atoms with Crippen molar-refractivity contribution in [1.29, 1.82) is 0 Å². The van der Waals surface area contributed by atoms with Crippen LogP contribution in [0.3, 0.4) is 0 Å². The molecule has 27 heavy (non-hydrogen) atoms. The number of phenolic OH excluding ortho intramolecular Hbond substituents is 1. The van der Waals surface area contributed by atoms with Crippen LogP contribution in [0.1, 0.15) is 35.6 Å². The Morgan fingerprint density at radius 1 is 0.963 bits per heavy atom. The van der Waals surface area contributed by atoms with Gasteiger partial charge in [0.05, 0.1) is 24.5 Å². The first-order valence-electron chi connectivity index (χ1n) is 9.17. The number of nitrogen functional groups attached to an aromatic ring is 1. The molecular weight excluding hydrogens is 336 g/mol. The molecule has 4 N–H and O–H groups in total. The summed E-state index contributed by atoms with van der Waals surface area (Å²) in [5, 5.41) is 13.7. The van der Waals surface area contributed by atoms with Crippen LogP contribution in [0, 0.1) is 5.92 Å². The number of nitrogens with two attached hydrogens (primary N) is 1. The summed E-state index contributed by atoms with van der Waals surface area (Å²) in [6.45, 7) is 2.25. The molecule has 0 saturated carbocycles. The molecule has 0 spiro atoms. The maximum Gasteiger partial charge on any atom is 0.160 e. The summed E-state index contributed by atoms with van der Waals surface area (Å²) < 4.78 is 5.34. The van der Waals surface area contributed by atoms with Crippen LogP contribution < -0.4 is 15.8 Å². The Hall–Kier alpha value is -3.14. The normalized spacial score (nSPS) is 21.2. The van der Waals surface area contributed by atoms with E-state index in [9.17, 15) is 5.11 Å². The monoisotopic (exact) mass is 360 g/mol. The zero-order valence-corrected chi connectivity index (χ0v) is 15.5. The quantitative estimate of drug-likeness (QED) is 0.580. The molecule has 3 aromatic rings. The van der Waals surface area contributed by atoms with Gasteiger partial charge in [-0.1, -0.05) is 55.5 Å². The van der Waals surface area contributed by atoms with Gasteiger partial charge in [-0.05, 0) is 40.8 Å². The van der Waals surface area contributed by atoms with Gasteiger partial charge in [0.25, 0.3) is 0 Å². The Bertz CT molecular complexity index is 956. The van der Waals surface area contributed by atoms with Crippen LogP contribution in [0.4, 0.5) is 11.4 Å². The Balaban J connectivity index is 1.87. The smallest absolute Gasteiger partial charge is 0.160 e. The number of methoxy groups -OCH3 is 1. The molecule has 1 aliphatic rings. The molecule has 0 aliphatic carbocycles. The standard InChI is InChI=1S/C23H24N2O2/c1-14-21(16-11-12-19(26)20(13-16)27-2)17-9-6-10-18(24)23(17)25-22(14)15-7-4-3-5-8-15/h3-14,21-22,25-26H,24H2,1-2H3/t14-,21+,22-/m0/s1. The molecule has 3 aromatic carbocycles. The van der Waals surface area contributed by atoms with Gasteiger partial charge >= 0.3 is 0 Å². The van der Waals surface area contributed by atoms with Crippen molar-refractivity contribution in [2.75, 3.05) is 18.2 Å². The Morgan fingerprint density at radius 2 is 1.74 bits per heavy atom. The number of phenols is 1. The lowest BCUT2D eigenvalue weighted by Crippen LogP contribution is -2.31. The van der Waals surface area contributed by atoms with E-state index in [2.05, 4.69) is 42.6 Å². The van der Waals surface area contributed by atoms with Gasteiger partial charge in [0.15, 0.2) is 11.5 Å². The highest BCUT2D eigenvalue weighted by Gasteiger charge is 2.36. The van der Waals surface area contributed by atoms with E-state index in [0.717, 1.165) is 16.9 Å². The largest absolute Gasteiger partial charge is 0.504 e. The molecule has 0 amide bonds. The van der Waals surface area contributed by atoms with Gasteiger partial charge in [-0.3, -0.25) is 0 Å². The van der Waals surface area contributed by atoms with Crippen molar-refractivity contribution in [3.8, 4) is 11.5 Å². The van der Waals surface area contributed by atoms with Crippen LogP contribution in [0.5, 0.6) is 11.5 Å². The molecule has 1 heterocycles. The lowest BCUT2D eigenvalue weighted by molar-refractivity contribution is 0.370. The Kier molecular flexibility index (Phi) is 4.40. The topological polar surface area (TPSA) is 67.5 Å². The summed E-state index contributed by atoms with van der Waals surface area (Å²) in [6.07, 6.45) is 0. The first-order chi connectivity index (χ1) is 13.1. The second kappa shape index (κ2) is 6.88. The van der Waals surface area contributed by atoms with E-state index in [4.69, 9.17) is 10.5 Å². The first kappa shape index (κ1) is 17.3. The SMILES string of the molecule is COc1cc([C@@H]2c3cccc(N)c3N[C@H](c3ccccc3)[C@H]2C)ccc1O. The summed E-state index contributed by atoms with van der Waals surface area (Å²) in [4.78, 5) is 0. The van der Waals surface area contributed by atoms with Crippen LogP contribution in [0.25, 0.3) is 0 Å². The lowest BCUT2D eigenvalue weighted by Gasteiger charge is -2.40. The third-order valence-electron chi connectivity index (χ3n) is 5.54. The first-order valence-corrected chi connectivity index (χ1v) is 9.17. The summed E-state index contributed by atoms with van der Waals surface area (Å²) >= 11 is 0. The number of fused-ring (bicyclic) bond motifs is 1. The molecule has 4 heteroatoms. The number of nitrogens with one attached hydrogen (secondary N) is 1. The van der Waals surface area contributed by atoms with Crippen LogP contribution in [0.15, 0.2) is 66.7 Å². The van der Waals surface area contributed by atoms with E-state index < -0.39 is 0 Å². The highest BCUT2D eigenvalue weighted by Crippen LogP contribution is 2.50. The number of para-hydroxylation sites is 1. The minimum Gasteiger partial charge on any atom is -0.504 e. The molecule has 4 nitrogen and oxygen atoms in total. The second-order valence-electron chi connectivity index (χ2n) is 7.11. The second-order valence-corrected chi connectivity index (χ2v) is 7.11.